The Labute approximate surface area is 55.7 Å². The van der Waals surface area contributed by atoms with Crippen LogP contribution in [0.5, 0.6) is 0 Å². The van der Waals surface area contributed by atoms with Gasteiger partial charge in [0, 0.05) is 0 Å². The van der Waals surface area contributed by atoms with E-state index >= 15 is 0 Å². The van der Waals surface area contributed by atoms with Gasteiger partial charge in [-0.3, -0.25) is 0 Å². The van der Waals surface area contributed by atoms with Gasteiger partial charge >= 0.3 is 0 Å². The quantitative estimate of drug-likeness (QED) is 0.416. The molecule has 0 amide bonds. The highest BCUT2D eigenvalue weighted by molar-refractivity contribution is 4.59. The third-order valence-corrected chi connectivity index (χ3v) is 1.24. The summed E-state index contributed by atoms with van der Waals surface area (Å²) in [4.78, 5) is 0. The van der Waals surface area contributed by atoms with Gasteiger partial charge in [-0.2, -0.15) is 0 Å². The fourth-order valence-corrected chi connectivity index (χ4v) is 0.568. The Morgan fingerprint density at radius 2 is 1.44 bits per heavy atom. The van der Waals surface area contributed by atoms with E-state index in [0.717, 1.165) is 6.42 Å². The normalized spacial score (nSPS) is 9.33. The molecule has 9 heavy (non-hydrogen) atoms. The fourth-order valence-electron chi connectivity index (χ4n) is 0.568. The van der Waals surface area contributed by atoms with E-state index in [-0.39, 0.29) is 5.48 Å². The van der Waals surface area contributed by atoms with Crippen LogP contribution in [-0.2, 0) is 0 Å². The van der Waals surface area contributed by atoms with Crippen LogP contribution in [-0.4, -0.2) is 25.1 Å². The SMILES string of the molecule is NCCC(CN)CN.O. The molecule has 0 aromatic heterocycles. The van der Waals surface area contributed by atoms with Crippen LogP contribution in [0.15, 0.2) is 0 Å². The van der Waals surface area contributed by atoms with Crippen molar-refractivity contribution in [1.82, 2.24) is 0 Å². The highest BCUT2D eigenvalue weighted by atomic mass is 16.0. The largest absolute Gasteiger partial charge is 0.412 e. The zero-order valence-corrected chi connectivity index (χ0v) is 5.64. The van der Waals surface area contributed by atoms with Gasteiger partial charge in [0.25, 0.3) is 0 Å². The zero-order valence-electron chi connectivity index (χ0n) is 5.64. The first-order valence-corrected chi connectivity index (χ1v) is 2.95. The molecule has 0 saturated heterocycles. The van der Waals surface area contributed by atoms with Crippen LogP contribution in [0, 0.1) is 5.92 Å². The van der Waals surface area contributed by atoms with Gasteiger partial charge in [-0.05, 0) is 32.0 Å². The minimum atomic E-state index is 0. The van der Waals surface area contributed by atoms with E-state index in [4.69, 9.17) is 17.2 Å². The van der Waals surface area contributed by atoms with Crippen molar-refractivity contribution in [3.8, 4) is 0 Å². The lowest BCUT2D eigenvalue weighted by atomic mass is 10.1. The molecule has 0 saturated carbocycles. The van der Waals surface area contributed by atoms with Crippen LogP contribution >= 0.6 is 0 Å². The Bertz CT molecular complexity index is 47.5. The van der Waals surface area contributed by atoms with Crippen LogP contribution < -0.4 is 17.2 Å². The summed E-state index contributed by atoms with van der Waals surface area (Å²) in [5, 5.41) is 0. The van der Waals surface area contributed by atoms with Crippen molar-refractivity contribution in [2.24, 2.45) is 23.1 Å². The van der Waals surface area contributed by atoms with Gasteiger partial charge in [-0.15, -0.1) is 0 Å². The molecule has 8 N–H and O–H groups in total. The van der Waals surface area contributed by atoms with Gasteiger partial charge in [0.2, 0.25) is 0 Å². The Morgan fingerprint density at radius 1 is 1.00 bits per heavy atom. The molecule has 0 radical (unpaired) electrons. The smallest absolute Gasteiger partial charge is 0.00363 e. The molecule has 0 aliphatic rings. The Hall–Kier alpha value is -0.160. The molecular weight excluding hydrogens is 118 g/mol. The summed E-state index contributed by atoms with van der Waals surface area (Å²) in [6.45, 7) is 2.01. The second-order valence-corrected chi connectivity index (χ2v) is 1.91. The summed E-state index contributed by atoms with van der Waals surface area (Å²) in [6, 6.07) is 0. The first kappa shape index (κ1) is 11.6. The minimum Gasteiger partial charge on any atom is -0.412 e. The van der Waals surface area contributed by atoms with Gasteiger partial charge in [0.15, 0.2) is 0 Å². The van der Waals surface area contributed by atoms with Crippen molar-refractivity contribution in [3.63, 3.8) is 0 Å². The molecule has 0 aliphatic carbocycles. The van der Waals surface area contributed by atoms with Gasteiger partial charge in [0.1, 0.15) is 0 Å². The monoisotopic (exact) mass is 135 g/mol. The lowest BCUT2D eigenvalue weighted by molar-refractivity contribution is 0.515. The van der Waals surface area contributed by atoms with Crippen molar-refractivity contribution in [2.45, 2.75) is 6.42 Å². The second kappa shape index (κ2) is 7.84. The van der Waals surface area contributed by atoms with Gasteiger partial charge in [0.05, 0.1) is 0 Å². The predicted molar refractivity (Wildman–Crippen MR) is 38.9 cm³/mol. The molecule has 0 aromatic rings. The third-order valence-electron chi connectivity index (χ3n) is 1.24. The summed E-state index contributed by atoms with van der Waals surface area (Å²) in [5.74, 6) is 0.431. The van der Waals surface area contributed by atoms with E-state index in [1.165, 1.54) is 0 Å². The van der Waals surface area contributed by atoms with Gasteiger partial charge < -0.3 is 22.7 Å². The number of nitrogens with two attached hydrogens (primary N) is 3. The van der Waals surface area contributed by atoms with Gasteiger partial charge in [-0.25, -0.2) is 0 Å². The molecule has 58 valence electrons. The van der Waals surface area contributed by atoms with Gasteiger partial charge in [-0.1, -0.05) is 0 Å². The minimum absolute atomic E-state index is 0. The molecule has 0 bridgehead atoms. The Balaban J connectivity index is 0. The third kappa shape index (κ3) is 5.72. The fraction of sp³-hybridized carbons (Fsp3) is 1.00. The van der Waals surface area contributed by atoms with E-state index in [9.17, 15) is 0 Å². The zero-order chi connectivity index (χ0) is 6.41. The molecular formula is C5H17N3O. The molecule has 0 aliphatic heterocycles. The predicted octanol–water partition coefficient (Wildman–Crippen LogP) is -1.96. The summed E-state index contributed by atoms with van der Waals surface area (Å²) < 4.78 is 0. The van der Waals surface area contributed by atoms with Crippen LogP contribution in [0.1, 0.15) is 6.42 Å². The summed E-state index contributed by atoms with van der Waals surface area (Å²) in [7, 11) is 0. The number of hydrogen-bond donors (Lipinski definition) is 3. The molecule has 0 fully saturated rings. The molecule has 4 heteroatoms. The lowest BCUT2D eigenvalue weighted by Gasteiger charge is -2.08. The summed E-state index contributed by atoms with van der Waals surface area (Å²) in [6.07, 6.45) is 0.951. The van der Waals surface area contributed by atoms with Crippen molar-refractivity contribution >= 4 is 0 Å². The standard InChI is InChI=1S/C5H15N3.H2O/c6-2-1-5(3-7)4-8;/h5H,1-4,6-8H2;1H2. The van der Waals surface area contributed by atoms with E-state index < -0.39 is 0 Å². The highest BCUT2D eigenvalue weighted by Gasteiger charge is 1.99. The maximum absolute atomic E-state index is 5.33. The van der Waals surface area contributed by atoms with Crippen LogP contribution in [0.2, 0.25) is 0 Å². The number of rotatable bonds is 4. The molecule has 0 rings (SSSR count). The average molecular weight is 135 g/mol. The van der Waals surface area contributed by atoms with E-state index in [2.05, 4.69) is 0 Å². The second-order valence-electron chi connectivity index (χ2n) is 1.91. The van der Waals surface area contributed by atoms with E-state index in [1.807, 2.05) is 0 Å². The average Bonchev–Trinajstić information content (AvgIpc) is 1.83. The topological polar surface area (TPSA) is 110 Å². The Kier molecular flexibility index (Phi) is 10.1. The molecule has 0 aromatic carbocycles. The van der Waals surface area contributed by atoms with Crippen molar-refractivity contribution in [2.75, 3.05) is 19.6 Å². The molecule has 0 atom stereocenters. The maximum Gasteiger partial charge on any atom is -0.00363 e. The van der Waals surface area contributed by atoms with Crippen LogP contribution in [0.3, 0.4) is 0 Å². The highest BCUT2D eigenvalue weighted by Crippen LogP contribution is 1.93. The van der Waals surface area contributed by atoms with E-state index in [0.29, 0.717) is 25.6 Å². The molecule has 0 unspecified atom stereocenters. The number of hydrogen-bond acceptors (Lipinski definition) is 3. The van der Waals surface area contributed by atoms with Crippen LogP contribution in [0.25, 0.3) is 0 Å². The van der Waals surface area contributed by atoms with Crippen molar-refractivity contribution in [1.29, 1.82) is 0 Å². The Morgan fingerprint density at radius 3 is 1.56 bits per heavy atom. The first-order chi connectivity index (χ1) is 3.85. The van der Waals surface area contributed by atoms with Crippen molar-refractivity contribution < 1.29 is 5.48 Å². The maximum atomic E-state index is 5.33. The molecule has 0 spiro atoms. The van der Waals surface area contributed by atoms with Crippen LogP contribution in [0.4, 0.5) is 0 Å². The first-order valence-electron chi connectivity index (χ1n) is 2.95. The molecule has 4 nitrogen and oxygen atoms in total. The summed E-state index contributed by atoms with van der Waals surface area (Å²) >= 11 is 0. The van der Waals surface area contributed by atoms with E-state index in [1.54, 1.807) is 0 Å². The summed E-state index contributed by atoms with van der Waals surface area (Å²) in [5.41, 5.74) is 15.9. The lowest BCUT2D eigenvalue weighted by Crippen LogP contribution is -2.25. The molecule has 0 heterocycles. The van der Waals surface area contributed by atoms with Crippen molar-refractivity contribution in [3.05, 3.63) is 0 Å².